The van der Waals surface area contributed by atoms with Crippen LogP contribution >= 0.6 is 0 Å². The molecular formula is C30H40F2O. The lowest BCUT2D eigenvalue weighted by molar-refractivity contribution is 0.321. The normalized spacial score (nSPS) is 18.4. The van der Waals surface area contributed by atoms with Gasteiger partial charge in [-0.15, -0.1) is 0 Å². The van der Waals surface area contributed by atoms with E-state index in [1.165, 1.54) is 55.6 Å². The van der Waals surface area contributed by atoms with E-state index >= 15 is 0 Å². The highest BCUT2D eigenvalue weighted by Crippen LogP contribution is 2.45. The van der Waals surface area contributed by atoms with Gasteiger partial charge in [-0.25, -0.2) is 0 Å². The first-order valence-electron chi connectivity index (χ1n) is 12.3. The Hall–Kier alpha value is -2.16. The Morgan fingerprint density at radius 1 is 0.636 bits per heavy atom. The molecule has 0 bridgehead atoms. The number of allylic oxidation sites excluding steroid dienone is 1. The van der Waals surface area contributed by atoms with Gasteiger partial charge in [-0.1, -0.05) is 0 Å². The third kappa shape index (κ3) is 4.88. The fourth-order valence-corrected chi connectivity index (χ4v) is 5.74. The van der Waals surface area contributed by atoms with Crippen molar-refractivity contribution in [3.8, 4) is 11.5 Å². The van der Waals surface area contributed by atoms with Crippen molar-refractivity contribution in [2.75, 3.05) is 0 Å². The fourth-order valence-electron chi connectivity index (χ4n) is 5.74. The zero-order valence-corrected chi connectivity index (χ0v) is 21.9. The summed E-state index contributed by atoms with van der Waals surface area (Å²) >= 11 is 0. The molecule has 0 aliphatic heterocycles. The van der Waals surface area contributed by atoms with Crippen molar-refractivity contribution >= 4 is 0 Å². The van der Waals surface area contributed by atoms with Crippen LogP contribution in [0.4, 0.5) is 8.78 Å². The Labute approximate surface area is 199 Å². The van der Waals surface area contributed by atoms with Crippen molar-refractivity contribution in [1.29, 1.82) is 0 Å². The maximum Gasteiger partial charge on any atom is 0.266 e. The van der Waals surface area contributed by atoms with E-state index < -0.39 is 6.08 Å². The van der Waals surface area contributed by atoms with Crippen molar-refractivity contribution in [2.24, 2.45) is 5.92 Å². The Morgan fingerprint density at radius 3 is 1.45 bits per heavy atom. The third-order valence-corrected chi connectivity index (χ3v) is 8.61. The van der Waals surface area contributed by atoms with E-state index in [2.05, 4.69) is 62.3 Å². The molecule has 0 atom stereocenters. The Morgan fingerprint density at radius 2 is 1.03 bits per heavy atom. The number of benzene rings is 2. The van der Waals surface area contributed by atoms with E-state index in [9.17, 15) is 8.78 Å². The van der Waals surface area contributed by atoms with Gasteiger partial charge in [0.05, 0.1) is 0 Å². The van der Waals surface area contributed by atoms with Gasteiger partial charge in [0, 0.05) is 0 Å². The summed E-state index contributed by atoms with van der Waals surface area (Å²) in [6.07, 6.45) is 4.24. The second-order valence-corrected chi connectivity index (χ2v) is 10.2. The molecular weight excluding hydrogens is 414 g/mol. The summed E-state index contributed by atoms with van der Waals surface area (Å²) in [6, 6.07) is 0. The van der Waals surface area contributed by atoms with Crippen LogP contribution in [0.3, 0.4) is 0 Å². The van der Waals surface area contributed by atoms with Crippen LogP contribution in [0.5, 0.6) is 11.5 Å². The van der Waals surface area contributed by atoms with Gasteiger partial charge in [0.25, 0.3) is 6.08 Å². The average Bonchev–Trinajstić information content (AvgIpc) is 2.79. The van der Waals surface area contributed by atoms with Gasteiger partial charge in [-0.05, 0) is 168 Å². The second-order valence-electron chi connectivity index (χ2n) is 10.2. The SMILES string of the molecule is Cc1c(C)c(C)c(Oc2c(C)c(C)c(C3CCC(CC=C(F)F)CC3)c(C)c2C)c(C)c1C. The number of hydrogen-bond acceptors (Lipinski definition) is 1. The Kier molecular flexibility index (Phi) is 7.71. The summed E-state index contributed by atoms with van der Waals surface area (Å²) in [5.74, 6) is 2.85. The molecule has 0 radical (unpaired) electrons. The minimum absolute atomic E-state index is 0.382. The molecule has 1 fully saturated rings. The van der Waals surface area contributed by atoms with E-state index in [0.717, 1.165) is 43.3 Å². The van der Waals surface area contributed by atoms with Crippen LogP contribution in [0.1, 0.15) is 93.7 Å². The molecule has 0 N–H and O–H groups in total. The molecule has 3 rings (SSSR count). The van der Waals surface area contributed by atoms with Gasteiger partial charge < -0.3 is 4.74 Å². The van der Waals surface area contributed by atoms with Gasteiger partial charge in [-0.3, -0.25) is 0 Å². The molecule has 2 aromatic carbocycles. The van der Waals surface area contributed by atoms with Crippen LogP contribution in [0.2, 0.25) is 0 Å². The van der Waals surface area contributed by atoms with Crippen LogP contribution in [-0.2, 0) is 0 Å². The molecule has 0 amide bonds. The lowest BCUT2D eigenvalue weighted by Crippen LogP contribution is -2.16. The van der Waals surface area contributed by atoms with E-state index in [1.54, 1.807) is 0 Å². The molecule has 0 unspecified atom stereocenters. The van der Waals surface area contributed by atoms with Crippen LogP contribution in [0.15, 0.2) is 12.2 Å². The maximum absolute atomic E-state index is 12.5. The third-order valence-electron chi connectivity index (χ3n) is 8.61. The van der Waals surface area contributed by atoms with Crippen LogP contribution in [0, 0.1) is 68.2 Å². The molecule has 0 saturated heterocycles. The highest BCUT2D eigenvalue weighted by Gasteiger charge is 2.27. The summed E-state index contributed by atoms with van der Waals surface area (Å²) in [7, 11) is 0. The van der Waals surface area contributed by atoms with E-state index in [1.807, 2.05) is 0 Å². The number of hydrogen-bond donors (Lipinski definition) is 0. The minimum Gasteiger partial charge on any atom is -0.456 e. The maximum atomic E-state index is 12.5. The summed E-state index contributed by atoms with van der Waals surface area (Å²) in [6.45, 7) is 19.7. The molecule has 2 aromatic rings. The van der Waals surface area contributed by atoms with Crippen molar-refractivity contribution in [2.45, 2.75) is 100 Å². The number of halogens is 2. The molecule has 33 heavy (non-hydrogen) atoms. The highest BCUT2D eigenvalue weighted by atomic mass is 19.3. The van der Waals surface area contributed by atoms with Gasteiger partial charge in [0.2, 0.25) is 0 Å². The predicted molar refractivity (Wildman–Crippen MR) is 135 cm³/mol. The standard InChI is InChI=1S/C30H40F2O/c1-16-17(2)21(6)29(22(7)18(16)3)33-30-23(8)19(4)28(20(5)24(30)9)26-13-10-25(11-14-26)12-15-27(31)32/h15,25-26H,10-14H2,1-9H3. The average molecular weight is 455 g/mol. The van der Waals surface area contributed by atoms with Crippen molar-refractivity contribution < 1.29 is 13.5 Å². The molecule has 1 saturated carbocycles. The summed E-state index contributed by atoms with van der Waals surface area (Å²) in [5.41, 5.74) is 12.9. The smallest absolute Gasteiger partial charge is 0.266 e. The molecule has 180 valence electrons. The van der Waals surface area contributed by atoms with E-state index in [0.29, 0.717) is 18.3 Å². The summed E-state index contributed by atoms with van der Waals surface area (Å²) < 4.78 is 31.7. The summed E-state index contributed by atoms with van der Waals surface area (Å²) in [4.78, 5) is 0. The Balaban J connectivity index is 1.94. The fraction of sp³-hybridized carbons (Fsp3) is 0.533. The zero-order valence-electron chi connectivity index (χ0n) is 21.9. The molecule has 0 aromatic heterocycles. The van der Waals surface area contributed by atoms with Crippen molar-refractivity contribution in [3.05, 3.63) is 67.8 Å². The van der Waals surface area contributed by atoms with Gasteiger partial charge in [-0.2, -0.15) is 8.78 Å². The number of ether oxygens (including phenoxy) is 1. The van der Waals surface area contributed by atoms with Crippen LogP contribution in [-0.4, -0.2) is 0 Å². The lowest BCUT2D eigenvalue weighted by atomic mass is 9.74. The first-order chi connectivity index (χ1) is 15.5. The largest absolute Gasteiger partial charge is 0.456 e. The van der Waals surface area contributed by atoms with Crippen molar-refractivity contribution in [3.63, 3.8) is 0 Å². The van der Waals surface area contributed by atoms with Crippen LogP contribution in [0.25, 0.3) is 0 Å². The van der Waals surface area contributed by atoms with Gasteiger partial charge in [0.1, 0.15) is 11.5 Å². The quantitative estimate of drug-likeness (QED) is 0.437. The summed E-state index contributed by atoms with van der Waals surface area (Å²) in [5, 5.41) is 0. The topological polar surface area (TPSA) is 9.23 Å². The van der Waals surface area contributed by atoms with E-state index in [4.69, 9.17) is 4.74 Å². The van der Waals surface area contributed by atoms with Gasteiger partial charge in [0.15, 0.2) is 0 Å². The predicted octanol–water partition coefficient (Wildman–Crippen LogP) is 9.70. The van der Waals surface area contributed by atoms with Gasteiger partial charge >= 0.3 is 0 Å². The zero-order chi connectivity index (χ0) is 24.6. The lowest BCUT2D eigenvalue weighted by Gasteiger charge is -2.32. The molecule has 0 heterocycles. The highest BCUT2D eigenvalue weighted by molar-refractivity contribution is 5.59. The Bertz CT molecular complexity index is 1020. The van der Waals surface area contributed by atoms with Crippen molar-refractivity contribution in [1.82, 2.24) is 0 Å². The molecule has 1 aliphatic carbocycles. The molecule has 3 heteroatoms. The second kappa shape index (κ2) is 9.99. The first-order valence-corrected chi connectivity index (χ1v) is 12.3. The van der Waals surface area contributed by atoms with Crippen LogP contribution < -0.4 is 4.74 Å². The van der Waals surface area contributed by atoms with E-state index in [-0.39, 0.29) is 0 Å². The molecule has 1 nitrogen and oxygen atoms in total. The first kappa shape index (κ1) is 25.5. The minimum atomic E-state index is -1.55. The number of rotatable bonds is 5. The monoisotopic (exact) mass is 454 g/mol. The molecule has 0 spiro atoms. The molecule has 1 aliphatic rings.